The SMILES string of the molecule is CCNC(C)/C=C/c1cc(Cl)c(OCC)c(OC)c1. The molecule has 0 aliphatic rings. The minimum Gasteiger partial charge on any atom is -0.493 e. The Kier molecular flexibility index (Phi) is 6.74. The van der Waals surface area contributed by atoms with Gasteiger partial charge in [-0.05, 0) is 38.1 Å². The van der Waals surface area contributed by atoms with E-state index in [9.17, 15) is 0 Å². The first kappa shape index (κ1) is 15.9. The smallest absolute Gasteiger partial charge is 0.179 e. The molecule has 0 bridgehead atoms. The lowest BCUT2D eigenvalue weighted by Gasteiger charge is -2.12. The van der Waals surface area contributed by atoms with Gasteiger partial charge in [0, 0.05) is 6.04 Å². The van der Waals surface area contributed by atoms with Gasteiger partial charge in [-0.15, -0.1) is 0 Å². The number of methoxy groups -OCH3 is 1. The van der Waals surface area contributed by atoms with E-state index in [1.54, 1.807) is 7.11 Å². The molecule has 1 aromatic rings. The van der Waals surface area contributed by atoms with Crippen LogP contribution in [-0.2, 0) is 0 Å². The Balaban J connectivity index is 2.95. The van der Waals surface area contributed by atoms with E-state index in [1.807, 2.05) is 25.1 Å². The van der Waals surface area contributed by atoms with Crippen LogP contribution < -0.4 is 14.8 Å². The number of halogens is 1. The Labute approximate surface area is 120 Å². The molecule has 3 nitrogen and oxygen atoms in total. The number of nitrogens with one attached hydrogen (secondary N) is 1. The van der Waals surface area contributed by atoms with Crippen LogP contribution in [0.4, 0.5) is 0 Å². The number of benzene rings is 1. The van der Waals surface area contributed by atoms with Crippen LogP contribution in [0.25, 0.3) is 6.08 Å². The highest BCUT2D eigenvalue weighted by Gasteiger charge is 2.10. The average molecular weight is 284 g/mol. The van der Waals surface area contributed by atoms with E-state index in [4.69, 9.17) is 21.1 Å². The van der Waals surface area contributed by atoms with E-state index in [-0.39, 0.29) is 0 Å². The van der Waals surface area contributed by atoms with E-state index in [0.29, 0.717) is 29.2 Å². The molecule has 1 atom stereocenters. The standard InChI is InChI=1S/C15H22ClNO2/c1-5-17-11(3)7-8-12-9-13(16)15(19-6-2)14(10-12)18-4/h7-11,17H,5-6H2,1-4H3/b8-7+. The summed E-state index contributed by atoms with van der Waals surface area (Å²) < 4.78 is 10.8. The highest BCUT2D eigenvalue weighted by atomic mass is 35.5. The summed E-state index contributed by atoms with van der Waals surface area (Å²) in [6.07, 6.45) is 4.12. The van der Waals surface area contributed by atoms with Crippen LogP contribution in [0.5, 0.6) is 11.5 Å². The molecule has 0 saturated heterocycles. The molecule has 1 N–H and O–H groups in total. The van der Waals surface area contributed by atoms with Crippen molar-refractivity contribution in [3.63, 3.8) is 0 Å². The molecule has 1 aromatic carbocycles. The van der Waals surface area contributed by atoms with Gasteiger partial charge in [0.25, 0.3) is 0 Å². The molecular formula is C15H22ClNO2. The van der Waals surface area contributed by atoms with Gasteiger partial charge in [0.1, 0.15) is 0 Å². The van der Waals surface area contributed by atoms with Gasteiger partial charge < -0.3 is 14.8 Å². The van der Waals surface area contributed by atoms with Gasteiger partial charge in [0.05, 0.1) is 18.7 Å². The van der Waals surface area contributed by atoms with E-state index >= 15 is 0 Å². The average Bonchev–Trinajstić information content (AvgIpc) is 2.39. The zero-order chi connectivity index (χ0) is 14.3. The van der Waals surface area contributed by atoms with Gasteiger partial charge in [-0.25, -0.2) is 0 Å². The van der Waals surface area contributed by atoms with E-state index < -0.39 is 0 Å². The van der Waals surface area contributed by atoms with Crippen LogP contribution in [0, 0.1) is 0 Å². The van der Waals surface area contributed by atoms with Crippen LogP contribution >= 0.6 is 11.6 Å². The molecule has 0 radical (unpaired) electrons. The second kappa shape index (κ2) is 8.08. The lowest BCUT2D eigenvalue weighted by molar-refractivity contribution is 0.311. The van der Waals surface area contributed by atoms with Gasteiger partial charge in [0.15, 0.2) is 11.5 Å². The molecule has 0 aliphatic carbocycles. The minimum absolute atomic E-state index is 0.321. The Hall–Kier alpha value is -1.19. The molecule has 0 amide bonds. The molecule has 0 fully saturated rings. The van der Waals surface area contributed by atoms with Crippen LogP contribution in [0.2, 0.25) is 5.02 Å². The molecule has 0 aromatic heterocycles. The van der Waals surface area contributed by atoms with Crippen molar-refractivity contribution in [2.75, 3.05) is 20.3 Å². The summed E-state index contributed by atoms with van der Waals surface area (Å²) in [6, 6.07) is 4.12. The zero-order valence-corrected chi connectivity index (χ0v) is 12.8. The lowest BCUT2D eigenvalue weighted by atomic mass is 10.1. The summed E-state index contributed by atoms with van der Waals surface area (Å²) in [5, 5.41) is 3.88. The van der Waals surface area contributed by atoms with Crippen LogP contribution in [0.3, 0.4) is 0 Å². The maximum atomic E-state index is 6.21. The van der Waals surface area contributed by atoms with E-state index in [1.165, 1.54) is 0 Å². The highest BCUT2D eigenvalue weighted by molar-refractivity contribution is 6.32. The first-order valence-corrected chi connectivity index (χ1v) is 6.92. The topological polar surface area (TPSA) is 30.5 Å². The van der Waals surface area contributed by atoms with Crippen LogP contribution in [0.1, 0.15) is 26.3 Å². The molecular weight excluding hydrogens is 262 g/mol. The van der Waals surface area contributed by atoms with Crippen molar-refractivity contribution in [3.05, 3.63) is 28.8 Å². The highest BCUT2D eigenvalue weighted by Crippen LogP contribution is 2.36. The molecule has 0 aliphatic heterocycles. The van der Waals surface area contributed by atoms with Crippen molar-refractivity contribution in [2.24, 2.45) is 0 Å². The second-order valence-electron chi connectivity index (χ2n) is 4.17. The summed E-state index contributed by atoms with van der Waals surface area (Å²) in [6.45, 7) is 7.61. The van der Waals surface area contributed by atoms with Gasteiger partial charge in [-0.3, -0.25) is 0 Å². The monoisotopic (exact) mass is 283 g/mol. The predicted octanol–water partition coefficient (Wildman–Crippen LogP) is 3.76. The van der Waals surface area contributed by atoms with Gasteiger partial charge in [-0.1, -0.05) is 30.7 Å². The number of likely N-dealkylation sites (N-methyl/N-ethyl adjacent to an activating group) is 1. The second-order valence-corrected chi connectivity index (χ2v) is 4.58. The molecule has 1 rings (SSSR count). The normalized spacial score (nSPS) is 12.7. The molecule has 106 valence electrons. The van der Waals surface area contributed by atoms with E-state index in [0.717, 1.165) is 12.1 Å². The number of rotatable bonds is 7. The Morgan fingerprint density at radius 2 is 2.11 bits per heavy atom. The fraction of sp³-hybridized carbons (Fsp3) is 0.467. The lowest BCUT2D eigenvalue weighted by Crippen LogP contribution is -2.22. The third kappa shape index (κ3) is 4.77. The van der Waals surface area contributed by atoms with Crippen LogP contribution in [-0.4, -0.2) is 26.3 Å². The third-order valence-electron chi connectivity index (χ3n) is 2.64. The van der Waals surface area contributed by atoms with Crippen molar-refractivity contribution >= 4 is 17.7 Å². The Bertz CT molecular complexity index is 432. The van der Waals surface area contributed by atoms with Crippen molar-refractivity contribution in [1.82, 2.24) is 5.32 Å². The first-order chi connectivity index (χ1) is 9.12. The number of hydrogen-bond acceptors (Lipinski definition) is 3. The Morgan fingerprint density at radius 1 is 1.37 bits per heavy atom. The maximum Gasteiger partial charge on any atom is 0.179 e. The Morgan fingerprint density at radius 3 is 2.68 bits per heavy atom. The summed E-state index contributed by atoms with van der Waals surface area (Å²) >= 11 is 6.21. The molecule has 0 spiro atoms. The van der Waals surface area contributed by atoms with Crippen molar-refractivity contribution in [1.29, 1.82) is 0 Å². The fourth-order valence-electron chi connectivity index (χ4n) is 1.77. The van der Waals surface area contributed by atoms with Gasteiger partial charge in [-0.2, -0.15) is 0 Å². The van der Waals surface area contributed by atoms with Crippen molar-refractivity contribution in [3.8, 4) is 11.5 Å². The molecule has 1 unspecified atom stereocenters. The van der Waals surface area contributed by atoms with Crippen molar-refractivity contribution < 1.29 is 9.47 Å². The third-order valence-corrected chi connectivity index (χ3v) is 2.92. The van der Waals surface area contributed by atoms with Crippen molar-refractivity contribution in [2.45, 2.75) is 26.8 Å². The molecule has 0 heterocycles. The maximum absolute atomic E-state index is 6.21. The molecule has 4 heteroatoms. The van der Waals surface area contributed by atoms with E-state index in [2.05, 4.69) is 25.2 Å². The fourth-order valence-corrected chi connectivity index (χ4v) is 2.04. The first-order valence-electron chi connectivity index (χ1n) is 6.54. The van der Waals surface area contributed by atoms with Gasteiger partial charge in [0.2, 0.25) is 0 Å². The summed E-state index contributed by atoms with van der Waals surface area (Å²) in [4.78, 5) is 0. The summed E-state index contributed by atoms with van der Waals surface area (Å²) in [5.41, 5.74) is 0.995. The number of ether oxygens (including phenoxy) is 2. The zero-order valence-electron chi connectivity index (χ0n) is 12.0. The summed E-state index contributed by atoms with van der Waals surface area (Å²) in [7, 11) is 1.61. The van der Waals surface area contributed by atoms with Gasteiger partial charge >= 0.3 is 0 Å². The minimum atomic E-state index is 0.321. The molecule has 19 heavy (non-hydrogen) atoms. The number of hydrogen-bond donors (Lipinski definition) is 1. The predicted molar refractivity (Wildman–Crippen MR) is 81.3 cm³/mol. The quantitative estimate of drug-likeness (QED) is 0.826. The molecule has 0 saturated carbocycles. The largest absolute Gasteiger partial charge is 0.493 e. The van der Waals surface area contributed by atoms with Crippen LogP contribution in [0.15, 0.2) is 18.2 Å². The summed E-state index contributed by atoms with van der Waals surface area (Å²) in [5.74, 6) is 1.26.